The predicted molar refractivity (Wildman–Crippen MR) is 101 cm³/mol. The Morgan fingerprint density at radius 2 is 1.88 bits per heavy atom. The van der Waals surface area contributed by atoms with Crippen LogP contribution in [0.2, 0.25) is 5.02 Å². The molecule has 1 saturated heterocycles. The van der Waals surface area contributed by atoms with Gasteiger partial charge in [0.1, 0.15) is 5.52 Å². The Hall–Kier alpha value is -2.57. The molecule has 0 unspecified atom stereocenters. The van der Waals surface area contributed by atoms with Crippen LogP contribution in [0.5, 0.6) is 0 Å². The molecule has 2 heterocycles. The van der Waals surface area contributed by atoms with Gasteiger partial charge in [0.2, 0.25) is 5.89 Å². The topological polar surface area (TPSA) is 61.6 Å². The van der Waals surface area contributed by atoms with Gasteiger partial charge >= 0.3 is 6.03 Å². The van der Waals surface area contributed by atoms with Gasteiger partial charge in [0, 0.05) is 36.9 Å². The Kier molecular flexibility index (Phi) is 4.77. The molecular weight excluding hydrogens is 352 g/mol. The van der Waals surface area contributed by atoms with Crippen LogP contribution in [0.15, 0.2) is 52.9 Å². The fourth-order valence-corrected chi connectivity index (χ4v) is 3.21. The molecule has 0 bridgehead atoms. The maximum atomic E-state index is 12.3. The molecule has 0 radical (unpaired) electrons. The molecule has 1 aliphatic rings. The Labute approximate surface area is 156 Å². The summed E-state index contributed by atoms with van der Waals surface area (Å²) in [6.45, 7) is 3.53. The smallest absolute Gasteiger partial charge is 0.321 e. The summed E-state index contributed by atoms with van der Waals surface area (Å²) in [4.78, 5) is 20.9. The summed E-state index contributed by atoms with van der Waals surface area (Å²) in [7, 11) is 0. The molecule has 0 spiro atoms. The Balaban J connectivity index is 1.32. The number of halogens is 1. The van der Waals surface area contributed by atoms with Gasteiger partial charge < -0.3 is 14.6 Å². The number of urea groups is 1. The van der Waals surface area contributed by atoms with E-state index in [1.165, 1.54) is 0 Å². The van der Waals surface area contributed by atoms with Crippen LogP contribution in [0.3, 0.4) is 0 Å². The molecule has 134 valence electrons. The van der Waals surface area contributed by atoms with Gasteiger partial charge in [-0.2, -0.15) is 0 Å². The lowest BCUT2D eigenvalue weighted by Crippen LogP contribution is -2.49. The van der Waals surface area contributed by atoms with Crippen molar-refractivity contribution in [1.82, 2.24) is 14.8 Å². The number of aromatic nitrogens is 1. The molecule has 26 heavy (non-hydrogen) atoms. The average molecular weight is 371 g/mol. The molecule has 0 saturated carbocycles. The number of nitrogens with zero attached hydrogens (tertiary/aromatic N) is 3. The van der Waals surface area contributed by atoms with Crippen LogP contribution in [0.25, 0.3) is 11.1 Å². The zero-order valence-corrected chi connectivity index (χ0v) is 14.9. The van der Waals surface area contributed by atoms with E-state index in [-0.39, 0.29) is 6.03 Å². The van der Waals surface area contributed by atoms with Crippen molar-refractivity contribution in [1.29, 1.82) is 0 Å². The van der Waals surface area contributed by atoms with Crippen molar-refractivity contribution >= 4 is 34.4 Å². The van der Waals surface area contributed by atoms with Crippen molar-refractivity contribution in [3.8, 4) is 0 Å². The summed E-state index contributed by atoms with van der Waals surface area (Å²) < 4.78 is 5.77. The number of benzene rings is 2. The molecule has 7 heteroatoms. The van der Waals surface area contributed by atoms with E-state index in [1.807, 2.05) is 41.3 Å². The summed E-state index contributed by atoms with van der Waals surface area (Å²) >= 11 is 5.99. The van der Waals surface area contributed by atoms with Crippen LogP contribution in [-0.4, -0.2) is 47.0 Å². The van der Waals surface area contributed by atoms with Gasteiger partial charge in [-0.25, -0.2) is 9.78 Å². The van der Waals surface area contributed by atoms with E-state index in [4.69, 9.17) is 16.0 Å². The molecule has 2 amide bonds. The van der Waals surface area contributed by atoms with E-state index in [0.29, 0.717) is 30.5 Å². The maximum Gasteiger partial charge on any atom is 0.321 e. The molecule has 0 atom stereocenters. The van der Waals surface area contributed by atoms with Gasteiger partial charge in [-0.05, 0) is 30.3 Å². The lowest BCUT2D eigenvalue weighted by atomic mass is 10.3. The number of fused-ring (bicyclic) bond motifs is 1. The van der Waals surface area contributed by atoms with Crippen LogP contribution in [-0.2, 0) is 6.54 Å². The van der Waals surface area contributed by atoms with Gasteiger partial charge in [0.05, 0.1) is 6.54 Å². The van der Waals surface area contributed by atoms with E-state index in [2.05, 4.69) is 15.2 Å². The first-order chi connectivity index (χ1) is 12.7. The van der Waals surface area contributed by atoms with Crippen molar-refractivity contribution in [3.63, 3.8) is 0 Å². The Morgan fingerprint density at radius 1 is 1.12 bits per heavy atom. The molecule has 1 aliphatic heterocycles. The molecule has 6 nitrogen and oxygen atoms in total. The van der Waals surface area contributed by atoms with Crippen molar-refractivity contribution in [2.24, 2.45) is 0 Å². The number of nitrogens with one attached hydrogen (secondary N) is 1. The number of rotatable bonds is 3. The van der Waals surface area contributed by atoms with E-state index < -0.39 is 0 Å². The monoisotopic (exact) mass is 370 g/mol. The molecule has 1 fully saturated rings. The Bertz CT molecular complexity index is 904. The first-order valence-electron chi connectivity index (χ1n) is 8.56. The highest BCUT2D eigenvalue weighted by Crippen LogP contribution is 2.21. The van der Waals surface area contributed by atoms with E-state index in [0.717, 1.165) is 29.9 Å². The lowest BCUT2D eigenvalue weighted by molar-refractivity contribution is 0.136. The number of hydrogen-bond acceptors (Lipinski definition) is 4. The van der Waals surface area contributed by atoms with Crippen molar-refractivity contribution < 1.29 is 9.21 Å². The Morgan fingerprint density at radius 3 is 2.65 bits per heavy atom. The third-order valence-electron chi connectivity index (χ3n) is 4.44. The number of amides is 2. The fourth-order valence-electron chi connectivity index (χ4n) is 3.04. The third-order valence-corrected chi connectivity index (χ3v) is 4.67. The lowest BCUT2D eigenvalue weighted by Gasteiger charge is -2.33. The highest BCUT2D eigenvalue weighted by molar-refractivity contribution is 6.31. The van der Waals surface area contributed by atoms with E-state index in [9.17, 15) is 4.79 Å². The van der Waals surface area contributed by atoms with Gasteiger partial charge in [0.25, 0.3) is 0 Å². The van der Waals surface area contributed by atoms with Gasteiger partial charge in [-0.3, -0.25) is 4.90 Å². The third kappa shape index (κ3) is 3.81. The number of piperazine rings is 1. The normalized spacial score (nSPS) is 15.3. The summed E-state index contributed by atoms with van der Waals surface area (Å²) in [6.07, 6.45) is 0. The minimum Gasteiger partial charge on any atom is -0.439 e. The summed E-state index contributed by atoms with van der Waals surface area (Å²) in [6, 6.07) is 14.9. The minimum absolute atomic E-state index is 0.0626. The second kappa shape index (κ2) is 7.35. The summed E-state index contributed by atoms with van der Waals surface area (Å²) in [5.41, 5.74) is 2.32. The maximum absolute atomic E-state index is 12.3. The van der Waals surface area contributed by atoms with Crippen LogP contribution in [0, 0.1) is 0 Å². The van der Waals surface area contributed by atoms with Crippen LogP contribution < -0.4 is 5.32 Å². The van der Waals surface area contributed by atoms with E-state index in [1.54, 1.807) is 12.1 Å². The first-order valence-corrected chi connectivity index (χ1v) is 8.93. The van der Waals surface area contributed by atoms with Crippen molar-refractivity contribution in [2.75, 3.05) is 31.5 Å². The summed E-state index contributed by atoms with van der Waals surface area (Å²) in [5.74, 6) is 0.671. The zero-order chi connectivity index (χ0) is 17.9. The largest absolute Gasteiger partial charge is 0.439 e. The standard InChI is InChI=1S/C19H19ClN4O2/c20-14-6-7-17-16(12-14)22-18(26-17)13-23-8-10-24(11-9-23)19(25)21-15-4-2-1-3-5-15/h1-7,12H,8-11,13H2,(H,21,25). The highest BCUT2D eigenvalue weighted by Gasteiger charge is 2.22. The van der Waals surface area contributed by atoms with Crippen LogP contribution in [0.4, 0.5) is 10.5 Å². The molecule has 4 rings (SSSR count). The number of anilines is 1. The molecular formula is C19H19ClN4O2. The molecule has 1 N–H and O–H groups in total. The fraction of sp³-hybridized carbons (Fsp3) is 0.263. The molecule has 0 aliphatic carbocycles. The molecule has 1 aromatic heterocycles. The quantitative estimate of drug-likeness (QED) is 0.761. The number of carbonyl (C=O) groups is 1. The number of hydrogen-bond donors (Lipinski definition) is 1. The minimum atomic E-state index is -0.0626. The average Bonchev–Trinajstić information content (AvgIpc) is 3.04. The highest BCUT2D eigenvalue weighted by atomic mass is 35.5. The number of para-hydroxylation sites is 1. The first kappa shape index (κ1) is 16.9. The van der Waals surface area contributed by atoms with Gasteiger partial charge in [-0.15, -0.1) is 0 Å². The number of oxazole rings is 1. The second-order valence-corrected chi connectivity index (χ2v) is 6.72. The number of carbonyl (C=O) groups excluding carboxylic acids is 1. The predicted octanol–water partition coefficient (Wildman–Crippen LogP) is 3.83. The van der Waals surface area contributed by atoms with Crippen molar-refractivity contribution in [3.05, 3.63) is 59.4 Å². The van der Waals surface area contributed by atoms with Gasteiger partial charge in [0.15, 0.2) is 5.58 Å². The second-order valence-electron chi connectivity index (χ2n) is 6.28. The SMILES string of the molecule is O=C(Nc1ccccc1)N1CCN(Cc2nc3cc(Cl)ccc3o2)CC1. The van der Waals surface area contributed by atoms with Crippen molar-refractivity contribution in [2.45, 2.75) is 6.54 Å². The van der Waals surface area contributed by atoms with E-state index >= 15 is 0 Å². The molecule has 3 aromatic rings. The molecule has 2 aromatic carbocycles. The zero-order valence-electron chi connectivity index (χ0n) is 14.2. The van der Waals surface area contributed by atoms with Crippen LogP contribution >= 0.6 is 11.6 Å². The summed E-state index contributed by atoms with van der Waals surface area (Å²) in [5, 5.41) is 3.57. The van der Waals surface area contributed by atoms with Gasteiger partial charge in [-0.1, -0.05) is 29.8 Å². The van der Waals surface area contributed by atoms with Crippen LogP contribution in [0.1, 0.15) is 5.89 Å².